The molecular formula is C33H54O4. The van der Waals surface area contributed by atoms with E-state index in [4.69, 9.17) is 0 Å². The molecule has 0 aliphatic heterocycles. The van der Waals surface area contributed by atoms with E-state index in [1.54, 1.807) is 6.92 Å². The van der Waals surface area contributed by atoms with Gasteiger partial charge < -0.3 is 4.79 Å². The van der Waals surface area contributed by atoms with E-state index in [0.29, 0.717) is 18.8 Å². The minimum atomic E-state index is -0.0622. The molecule has 1 aliphatic rings. The van der Waals surface area contributed by atoms with Crippen molar-refractivity contribution in [2.75, 3.05) is 0 Å². The lowest BCUT2D eigenvalue weighted by molar-refractivity contribution is -0.130. The van der Waals surface area contributed by atoms with Gasteiger partial charge in [0, 0.05) is 24.3 Å². The molecule has 0 heterocycles. The van der Waals surface area contributed by atoms with Crippen molar-refractivity contribution in [3.05, 3.63) is 34.9 Å². The number of aryl methyl sites for hydroxylation is 1. The van der Waals surface area contributed by atoms with Crippen LogP contribution in [0.25, 0.3) is 0 Å². The predicted molar refractivity (Wildman–Crippen MR) is 155 cm³/mol. The summed E-state index contributed by atoms with van der Waals surface area (Å²) in [5.41, 5.74) is 3.31. The van der Waals surface area contributed by atoms with Crippen LogP contribution in [0.15, 0.2) is 18.2 Å². The van der Waals surface area contributed by atoms with E-state index in [1.807, 2.05) is 26.0 Å². The number of fused-ring (bicyclic) bond motifs is 1. The van der Waals surface area contributed by atoms with Crippen LogP contribution in [0.2, 0.25) is 0 Å². The highest BCUT2D eigenvalue weighted by atomic mass is 16.1. The number of carbonyl (C=O) groups excluding carboxylic acids is 4. The first-order valence-electron chi connectivity index (χ1n) is 14.3. The van der Waals surface area contributed by atoms with Crippen molar-refractivity contribution < 1.29 is 19.2 Å². The third-order valence-corrected chi connectivity index (χ3v) is 6.54. The molecular weight excluding hydrogens is 460 g/mol. The molecule has 0 spiro atoms. The SMILES string of the molecule is CC(=O)CC(C)(C)C.CCC.CCCC(CC1CC(=O)c2c(C)cccc2C1)C(CC)C(=O)CC(C)=O. The summed E-state index contributed by atoms with van der Waals surface area (Å²) < 4.78 is 0. The molecule has 0 N–H and O–H groups in total. The summed E-state index contributed by atoms with van der Waals surface area (Å²) in [6, 6.07) is 6.10. The molecule has 4 nitrogen and oxygen atoms in total. The maximum atomic E-state index is 12.7. The molecule has 3 atom stereocenters. The molecule has 1 aromatic carbocycles. The number of ketones is 4. The van der Waals surface area contributed by atoms with E-state index >= 15 is 0 Å². The van der Waals surface area contributed by atoms with Gasteiger partial charge in [0.05, 0.1) is 6.42 Å². The molecule has 37 heavy (non-hydrogen) atoms. The average Bonchev–Trinajstić information content (AvgIpc) is 2.73. The molecule has 4 heteroatoms. The Balaban J connectivity index is 0.000000992. The summed E-state index contributed by atoms with van der Waals surface area (Å²) >= 11 is 0. The van der Waals surface area contributed by atoms with Gasteiger partial charge in [0.2, 0.25) is 0 Å². The molecule has 0 aromatic heterocycles. The number of rotatable bonds is 10. The van der Waals surface area contributed by atoms with Gasteiger partial charge >= 0.3 is 0 Å². The average molecular weight is 515 g/mol. The van der Waals surface area contributed by atoms with Gasteiger partial charge in [-0.1, -0.05) is 85.9 Å². The van der Waals surface area contributed by atoms with Crippen LogP contribution >= 0.6 is 0 Å². The summed E-state index contributed by atoms with van der Waals surface area (Å²) in [5, 5.41) is 0. The van der Waals surface area contributed by atoms with E-state index in [9.17, 15) is 19.2 Å². The first-order valence-corrected chi connectivity index (χ1v) is 14.3. The van der Waals surface area contributed by atoms with E-state index in [1.165, 1.54) is 13.3 Å². The van der Waals surface area contributed by atoms with E-state index < -0.39 is 0 Å². The second kappa shape index (κ2) is 17.4. The summed E-state index contributed by atoms with van der Waals surface area (Å²) in [5.74, 6) is 1.05. The van der Waals surface area contributed by atoms with Crippen LogP contribution in [0.3, 0.4) is 0 Å². The van der Waals surface area contributed by atoms with Crippen LogP contribution in [0, 0.1) is 30.1 Å². The van der Waals surface area contributed by atoms with Crippen molar-refractivity contribution in [3.63, 3.8) is 0 Å². The molecule has 3 unspecified atom stereocenters. The predicted octanol–water partition coefficient (Wildman–Crippen LogP) is 8.55. The molecule has 210 valence electrons. The Morgan fingerprint density at radius 1 is 0.973 bits per heavy atom. The van der Waals surface area contributed by atoms with E-state index in [2.05, 4.69) is 47.6 Å². The Bertz CT molecular complexity index is 875. The van der Waals surface area contributed by atoms with Crippen LogP contribution in [-0.2, 0) is 20.8 Å². The van der Waals surface area contributed by atoms with E-state index in [-0.39, 0.29) is 46.8 Å². The fourth-order valence-corrected chi connectivity index (χ4v) is 5.44. The van der Waals surface area contributed by atoms with Crippen molar-refractivity contribution in [3.8, 4) is 0 Å². The normalized spacial score (nSPS) is 16.3. The van der Waals surface area contributed by atoms with Gasteiger partial charge in [-0.2, -0.15) is 0 Å². The lowest BCUT2D eigenvalue weighted by Gasteiger charge is -2.31. The summed E-state index contributed by atoms with van der Waals surface area (Å²) in [6.07, 6.45) is 7.15. The Hall–Kier alpha value is -2.10. The third-order valence-electron chi connectivity index (χ3n) is 6.54. The van der Waals surface area contributed by atoms with Gasteiger partial charge in [-0.25, -0.2) is 0 Å². The molecule has 0 radical (unpaired) electrons. The van der Waals surface area contributed by atoms with Crippen molar-refractivity contribution in [1.29, 1.82) is 0 Å². The van der Waals surface area contributed by atoms with Gasteiger partial charge in [-0.3, -0.25) is 14.4 Å². The van der Waals surface area contributed by atoms with Crippen LogP contribution in [0.1, 0.15) is 135 Å². The van der Waals surface area contributed by atoms with Crippen LogP contribution in [0.4, 0.5) is 0 Å². The largest absolute Gasteiger partial charge is 0.300 e. The number of benzene rings is 1. The summed E-state index contributed by atoms with van der Waals surface area (Å²) in [7, 11) is 0. The first kappa shape index (κ1) is 34.9. The molecule has 0 saturated carbocycles. The van der Waals surface area contributed by atoms with Crippen LogP contribution < -0.4 is 0 Å². The third kappa shape index (κ3) is 13.9. The Labute approximate surface area is 227 Å². The van der Waals surface area contributed by atoms with Gasteiger partial charge in [0.25, 0.3) is 0 Å². The molecule has 0 amide bonds. The van der Waals surface area contributed by atoms with Crippen molar-refractivity contribution in [1.82, 2.24) is 0 Å². The maximum Gasteiger partial charge on any atom is 0.163 e. The molecule has 1 aliphatic carbocycles. The molecule has 1 aromatic rings. The van der Waals surface area contributed by atoms with Gasteiger partial charge in [-0.05, 0) is 68.4 Å². The first-order chi connectivity index (χ1) is 17.2. The van der Waals surface area contributed by atoms with E-state index in [0.717, 1.165) is 48.8 Å². The quantitative estimate of drug-likeness (QED) is 0.293. The highest BCUT2D eigenvalue weighted by Gasteiger charge is 2.32. The number of hydrogen-bond acceptors (Lipinski definition) is 4. The minimum Gasteiger partial charge on any atom is -0.300 e. The second-order valence-corrected chi connectivity index (χ2v) is 12.1. The van der Waals surface area contributed by atoms with Crippen LogP contribution in [0.5, 0.6) is 0 Å². The standard InChI is InChI=1S/C23H32O3.C7H14O.C3H8/c1-5-8-18(20(6-2)21(25)11-16(4)24)12-17-13-19-10-7-9-15(3)23(19)22(26)14-17;1-6(8)5-7(2,3)4;1-3-2/h7,9-10,17-18,20H,5-6,8,11-14H2,1-4H3;5H2,1-4H3;3H2,1-2H3. The van der Waals surface area contributed by atoms with Gasteiger partial charge in [0.1, 0.15) is 17.3 Å². The fraction of sp³-hybridized carbons (Fsp3) is 0.697. The molecule has 2 rings (SSSR count). The monoisotopic (exact) mass is 514 g/mol. The Morgan fingerprint density at radius 3 is 2.00 bits per heavy atom. The zero-order valence-electron chi connectivity index (χ0n) is 25.5. The second-order valence-electron chi connectivity index (χ2n) is 12.1. The topological polar surface area (TPSA) is 68.3 Å². The lowest BCUT2D eigenvalue weighted by atomic mass is 9.72. The fourth-order valence-electron chi connectivity index (χ4n) is 5.44. The minimum absolute atomic E-state index is 0.0460. The highest BCUT2D eigenvalue weighted by Crippen LogP contribution is 2.36. The Kier molecular flexibility index (Phi) is 16.4. The maximum absolute atomic E-state index is 12.7. The lowest BCUT2D eigenvalue weighted by Crippen LogP contribution is -2.29. The Morgan fingerprint density at radius 2 is 1.57 bits per heavy atom. The molecule has 0 fully saturated rings. The number of Topliss-reactive ketones (excluding diaryl/α,β-unsaturated/α-hetero) is 4. The molecule has 0 saturated heterocycles. The summed E-state index contributed by atoms with van der Waals surface area (Å²) in [6.45, 7) is 19.7. The van der Waals surface area contributed by atoms with Crippen molar-refractivity contribution >= 4 is 23.1 Å². The highest BCUT2D eigenvalue weighted by molar-refractivity contribution is 6.00. The zero-order chi connectivity index (χ0) is 28.8. The van der Waals surface area contributed by atoms with Crippen LogP contribution in [-0.4, -0.2) is 23.1 Å². The van der Waals surface area contributed by atoms with Gasteiger partial charge in [0.15, 0.2) is 5.78 Å². The zero-order valence-corrected chi connectivity index (χ0v) is 25.5. The summed E-state index contributed by atoms with van der Waals surface area (Å²) in [4.78, 5) is 47.1. The molecule has 0 bridgehead atoms. The van der Waals surface area contributed by atoms with Crippen molar-refractivity contribution in [2.45, 2.75) is 127 Å². The number of carbonyl (C=O) groups is 4. The number of hydrogen-bond donors (Lipinski definition) is 0. The van der Waals surface area contributed by atoms with Gasteiger partial charge in [-0.15, -0.1) is 0 Å². The van der Waals surface area contributed by atoms with Crippen molar-refractivity contribution in [2.24, 2.45) is 23.2 Å². The smallest absolute Gasteiger partial charge is 0.163 e.